The van der Waals surface area contributed by atoms with Crippen LogP contribution in [0.3, 0.4) is 0 Å². The van der Waals surface area contributed by atoms with Crippen LogP contribution in [-0.4, -0.2) is 61.5 Å². The van der Waals surface area contributed by atoms with Gasteiger partial charge in [-0.1, -0.05) is 18.2 Å². The van der Waals surface area contributed by atoms with Crippen LogP contribution >= 0.6 is 12.6 Å². The lowest BCUT2D eigenvalue weighted by atomic mass is 9.52. The van der Waals surface area contributed by atoms with Crippen LogP contribution in [0.1, 0.15) is 65.7 Å². The summed E-state index contributed by atoms with van der Waals surface area (Å²) in [6, 6.07) is 9.98. The number of nitrogens with zero attached hydrogens (tertiary/aromatic N) is 1. The summed E-state index contributed by atoms with van der Waals surface area (Å²) in [6.45, 7) is 0.628. The van der Waals surface area contributed by atoms with E-state index in [-0.39, 0.29) is 18.2 Å². The first-order valence-electron chi connectivity index (χ1n) is 15.5. The van der Waals surface area contributed by atoms with Crippen LogP contribution < -0.4 is 15.4 Å². The van der Waals surface area contributed by atoms with E-state index in [4.69, 9.17) is 4.98 Å². The van der Waals surface area contributed by atoms with Crippen molar-refractivity contribution in [2.45, 2.75) is 63.8 Å². The Kier molecular flexibility index (Phi) is 10.3. The molecular weight excluding hydrogens is 585 g/mol. The Bertz CT molecular complexity index is 1370. The van der Waals surface area contributed by atoms with Gasteiger partial charge in [0.2, 0.25) is 10.0 Å². The molecule has 0 spiro atoms. The first-order valence-corrected chi connectivity index (χ1v) is 18.0. The van der Waals surface area contributed by atoms with E-state index >= 15 is 0 Å². The van der Waals surface area contributed by atoms with Gasteiger partial charge in [-0.3, -0.25) is 9.59 Å². The van der Waals surface area contributed by atoms with Gasteiger partial charge in [0.05, 0.1) is 5.75 Å². The van der Waals surface area contributed by atoms with Gasteiger partial charge in [0, 0.05) is 24.3 Å². The van der Waals surface area contributed by atoms with E-state index in [1.54, 1.807) is 18.4 Å². The lowest BCUT2D eigenvalue weighted by Gasteiger charge is -2.54. The third kappa shape index (κ3) is 7.91. The number of aryl methyl sites for hydroxylation is 3. The van der Waals surface area contributed by atoms with Crippen molar-refractivity contribution in [2.75, 3.05) is 30.4 Å². The average Bonchev–Trinajstić information content (AvgIpc) is 3.00. The number of fused-ring (bicyclic) bond motifs is 1. The molecule has 234 valence electrons. The predicted octanol–water partition coefficient (Wildman–Crippen LogP) is 3.95. The van der Waals surface area contributed by atoms with E-state index in [9.17, 15) is 23.1 Å². The number of thiol groups is 1. The maximum absolute atomic E-state index is 13.0. The van der Waals surface area contributed by atoms with Crippen LogP contribution in [0.2, 0.25) is 0 Å². The number of aliphatic carboxylic acids is 1. The quantitative estimate of drug-likeness (QED) is 0.238. The molecule has 2 aromatic rings. The van der Waals surface area contributed by atoms with Gasteiger partial charge < -0.3 is 15.7 Å². The molecule has 11 heteroatoms. The number of hydrogen-bond donors (Lipinski definition) is 5. The first-order chi connectivity index (χ1) is 20.7. The van der Waals surface area contributed by atoms with Crippen molar-refractivity contribution < 1.29 is 23.1 Å². The molecule has 1 aromatic carbocycles. The highest BCUT2D eigenvalue weighted by molar-refractivity contribution is 7.89. The second-order valence-electron chi connectivity index (χ2n) is 12.6. The van der Waals surface area contributed by atoms with Crippen LogP contribution in [0, 0.1) is 29.6 Å². The maximum Gasteiger partial charge on any atom is 0.323 e. The molecule has 1 aromatic heterocycles. The standard InChI is InChI=1S/C31H40N4O5S.CH4S/c36-30(23-6-3-19(4-7-23)5-9-26-10-8-22-2-1-11-32-29(22)34-26)33-17-28(31(37)38)35-41(39,40)18-27-24-13-20-12-21(15-24)16-25(27)14-20;1-2/h3-4,6-8,10,20-21,24-25,27-28,35H,1-2,5,9,11-18H2,(H,32,34)(H,33,36)(H,37,38);2H,1H3/t20?,21?,24?,25?,27?,28-;/m0./s1. The molecule has 4 fully saturated rings. The van der Waals surface area contributed by atoms with E-state index < -0.39 is 27.9 Å². The van der Waals surface area contributed by atoms with Gasteiger partial charge in [0.25, 0.3) is 5.91 Å². The number of benzene rings is 1. The summed E-state index contributed by atoms with van der Waals surface area (Å²) >= 11 is 3.53. The fourth-order valence-corrected chi connectivity index (χ4v) is 9.67. The number of aromatic nitrogens is 1. The number of nitrogens with one attached hydrogen (secondary N) is 3. The second-order valence-corrected chi connectivity index (χ2v) is 14.4. The molecule has 1 atom stereocenters. The molecule has 5 aliphatic rings. The molecule has 0 saturated heterocycles. The monoisotopic (exact) mass is 628 g/mol. The molecule has 9 nitrogen and oxygen atoms in total. The highest BCUT2D eigenvalue weighted by atomic mass is 32.2. The number of pyridine rings is 1. The molecule has 1 amide bonds. The topological polar surface area (TPSA) is 137 Å². The summed E-state index contributed by atoms with van der Waals surface area (Å²) in [5, 5.41) is 15.7. The first kappa shape index (κ1) is 31.8. The van der Waals surface area contributed by atoms with Crippen molar-refractivity contribution in [1.82, 2.24) is 15.0 Å². The van der Waals surface area contributed by atoms with Gasteiger partial charge in [-0.15, -0.1) is 0 Å². The summed E-state index contributed by atoms with van der Waals surface area (Å²) in [5.41, 5.74) is 3.74. The molecule has 4 bridgehead atoms. The van der Waals surface area contributed by atoms with Crippen LogP contribution in [-0.2, 0) is 34.1 Å². The molecule has 4 aliphatic carbocycles. The van der Waals surface area contributed by atoms with Crippen molar-refractivity contribution in [3.8, 4) is 0 Å². The Labute approximate surface area is 260 Å². The van der Waals surface area contributed by atoms with Crippen molar-refractivity contribution in [3.63, 3.8) is 0 Å². The third-order valence-electron chi connectivity index (χ3n) is 9.76. The molecule has 7 rings (SSSR count). The zero-order valence-corrected chi connectivity index (χ0v) is 26.5. The summed E-state index contributed by atoms with van der Waals surface area (Å²) in [6.07, 6.45) is 11.1. The fraction of sp³-hybridized carbons (Fsp3) is 0.594. The Hall–Kier alpha value is -2.63. The number of sulfonamides is 1. The lowest BCUT2D eigenvalue weighted by Crippen LogP contribution is -2.52. The predicted molar refractivity (Wildman–Crippen MR) is 171 cm³/mol. The zero-order chi connectivity index (χ0) is 30.6. The summed E-state index contributed by atoms with van der Waals surface area (Å²) in [5.74, 6) is 1.65. The Morgan fingerprint density at radius 1 is 1.00 bits per heavy atom. The number of carbonyl (C=O) groups is 2. The second kappa shape index (κ2) is 14.0. The van der Waals surface area contributed by atoms with Gasteiger partial charge in [0.1, 0.15) is 11.9 Å². The van der Waals surface area contributed by atoms with Crippen LogP contribution in [0.4, 0.5) is 5.82 Å². The van der Waals surface area contributed by atoms with Crippen LogP contribution in [0.5, 0.6) is 0 Å². The van der Waals surface area contributed by atoms with E-state index in [2.05, 4.69) is 40.1 Å². The normalized spacial score (nSPS) is 26.0. The Morgan fingerprint density at radius 2 is 1.67 bits per heavy atom. The minimum Gasteiger partial charge on any atom is -0.480 e. The maximum atomic E-state index is 13.0. The van der Waals surface area contributed by atoms with E-state index in [1.807, 2.05) is 12.1 Å². The summed E-state index contributed by atoms with van der Waals surface area (Å²) in [4.78, 5) is 29.4. The Morgan fingerprint density at radius 3 is 2.33 bits per heavy atom. The number of amides is 1. The molecule has 4 saturated carbocycles. The van der Waals surface area contributed by atoms with E-state index in [1.165, 1.54) is 12.0 Å². The van der Waals surface area contributed by atoms with Gasteiger partial charge in [0.15, 0.2) is 0 Å². The smallest absolute Gasteiger partial charge is 0.323 e. The van der Waals surface area contributed by atoms with E-state index in [0.29, 0.717) is 17.4 Å². The molecule has 43 heavy (non-hydrogen) atoms. The number of hydrogen-bond acceptors (Lipinski definition) is 7. The van der Waals surface area contributed by atoms with Gasteiger partial charge in [-0.25, -0.2) is 13.4 Å². The highest BCUT2D eigenvalue weighted by Gasteiger charge is 2.49. The SMILES string of the molecule is CS.O=C(NC[C@H](NS(=O)(=O)CC1C2CC3CC(C2)CC1C3)C(=O)O)c1ccc(CCc2ccc3c(n2)NCCC3)cc1. The van der Waals surface area contributed by atoms with Crippen molar-refractivity contribution in [3.05, 3.63) is 58.8 Å². The number of rotatable bonds is 11. The van der Waals surface area contributed by atoms with Crippen molar-refractivity contribution in [2.24, 2.45) is 29.6 Å². The largest absolute Gasteiger partial charge is 0.480 e. The van der Waals surface area contributed by atoms with Gasteiger partial charge in [-0.2, -0.15) is 17.4 Å². The van der Waals surface area contributed by atoms with E-state index in [0.717, 1.165) is 86.8 Å². The lowest BCUT2D eigenvalue weighted by molar-refractivity contribution is -0.138. The zero-order valence-electron chi connectivity index (χ0n) is 24.8. The summed E-state index contributed by atoms with van der Waals surface area (Å²) < 4.78 is 28.4. The van der Waals surface area contributed by atoms with Crippen molar-refractivity contribution >= 4 is 40.3 Å². The third-order valence-corrected chi connectivity index (χ3v) is 11.2. The average molecular weight is 629 g/mol. The Balaban J connectivity index is 0.00000180. The van der Waals surface area contributed by atoms with Gasteiger partial charge >= 0.3 is 5.97 Å². The van der Waals surface area contributed by atoms with Gasteiger partial charge in [-0.05, 0) is 123 Å². The molecule has 1 aliphatic heterocycles. The minimum absolute atomic E-state index is 0.0293. The molecule has 4 N–H and O–H groups in total. The molecule has 0 radical (unpaired) electrons. The van der Waals surface area contributed by atoms with Crippen LogP contribution in [0.25, 0.3) is 0 Å². The number of carboxylic acids is 1. The number of anilines is 1. The molecule has 2 heterocycles. The van der Waals surface area contributed by atoms with Crippen molar-refractivity contribution in [1.29, 1.82) is 0 Å². The van der Waals surface area contributed by atoms with Crippen LogP contribution in [0.15, 0.2) is 36.4 Å². The number of carbonyl (C=O) groups excluding carboxylic acids is 1. The minimum atomic E-state index is -3.81. The summed E-state index contributed by atoms with van der Waals surface area (Å²) in [7, 11) is -3.81. The molecular formula is C32H44N4O5S2. The highest BCUT2D eigenvalue weighted by Crippen LogP contribution is 2.56. The fourth-order valence-electron chi connectivity index (χ4n) is 7.91. The molecule has 0 unspecified atom stereocenters. The number of carboxylic acid groups (broad SMARTS) is 1.